The number of piperidine rings is 1. The van der Waals surface area contributed by atoms with Crippen LogP contribution < -0.4 is 4.74 Å². The Labute approximate surface area is 168 Å². The molecule has 1 heterocycles. The fraction of sp³-hybridized carbons (Fsp3) is 0.381. The fourth-order valence-corrected chi connectivity index (χ4v) is 4.11. The number of benzene rings is 2. The molecule has 0 aromatic heterocycles. The standard InChI is InChI=1S/C21H23ClFNO4/c1-28-18-4-2-3-14(9-18)11-21(20(26)27)13-24(6-5-19(21)25)12-15-7-16(22)10-17(23)8-15/h2-4,7-10,19,25H,5-6,11-13H2,1H3,(H,26,27)/t19-,21-/m1/s1. The number of hydrogen-bond acceptors (Lipinski definition) is 4. The first kappa shape index (κ1) is 20.6. The molecule has 1 aliphatic heterocycles. The van der Waals surface area contributed by atoms with Crippen molar-refractivity contribution in [1.82, 2.24) is 4.90 Å². The van der Waals surface area contributed by atoms with Gasteiger partial charge in [0.15, 0.2) is 0 Å². The van der Waals surface area contributed by atoms with E-state index >= 15 is 0 Å². The van der Waals surface area contributed by atoms with Crippen LogP contribution in [0.25, 0.3) is 0 Å². The lowest BCUT2D eigenvalue weighted by Crippen LogP contribution is -2.56. The highest BCUT2D eigenvalue weighted by Gasteiger charge is 2.49. The zero-order valence-electron chi connectivity index (χ0n) is 15.6. The molecular weight excluding hydrogens is 385 g/mol. The Kier molecular flexibility index (Phi) is 6.23. The molecule has 1 saturated heterocycles. The SMILES string of the molecule is COc1cccc(C[C@@]2(C(=O)O)CN(Cc3cc(F)cc(Cl)c3)CC[C@H]2O)c1. The second-order valence-corrected chi connectivity index (χ2v) is 7.72. The van der Waals surface area contributed by atoms with Crippen molar-refractivity contribution in [3.8, 4) is 5.75 Å². The number of aliphatic carboxylic acids is 1. The van der Waals surface area contributed by atoms with Crippen molar-refractivity contribution in [3.05, 3.63) is 64.4 Å². The van der Waals surface area contributed by atoms with Crippen molar-refractivity contribution < 1.29 is 24.1 Å². The predicted octanol–water partition coefficient (Wildman–Crippen LogP) is 3.37. The summed E-state index contributed by atoms with van der Waals surface area (Å²) in [6, 6.07) is 11.5. The number of carbonyl (C=O) groups is 1. The van der Waals surface area contributed by atoms with E-state index in [1.807, 2.05) is 11.0 Å². The van der Waals surface area contributed by atoms with Crippen LogP contribution in [0, 0.1) is 11.2 Å². The Morgan fingerprint density at radius 2 is 2.11 bits per heavy atom. The molecule has 2 N–H and O–H groups in total. The lowest BCUT2D eigenvalue weighted by atomic mass is 9.72. The van der Waals surface area contributed by atoms with Crippen LogP contribution in [0.2, 0.25) is 5.02 Å². The third-order valence-corrected chi connectivity index (χ3v) is 5.49. The third kappa shape index (κ3) is 4.46. The van der Waals surface area contributed by atoms with Crippen molar-refractivity contribution in [2.24, 2.45) is 5.41 Å². The summed E-state index contributed by atoms with van der Waals surface area (Å²) in [4.78, 5) is 14.2. The van der Waals surface area contributed by atoms with E-state index in [4.69, 9.17) is 16.3 Å². The topological polar surface area (TPSA) is 70.0 Å². The molecular formula is C21H23ClFNO4. The number of halogens is 2. The van der Waals surface area contributed by atoms with Crippen LogP contribution in [0.1, 0.15) is 17.5 Å². The van der Waals surface area contributed by atoms with Gasteiger partial charge < -0.3 is 14.9 Å². The average molecular weight is 408 g/mol. The van der Waals surface area contributed by atoms with E-state index < -0.39 is 23.3 Å². The van der Waals surface area contributed by atoms with Gasteiger partial charge in [0, 0.05) is 24.7 Å². The highest BCUT2D eigenvalue weighted by molar-refractivity contribution is 6.30. The number of methoxy groups -OCH3 is 1. The molecule has 7 heteroatoms. The number of aliphatic hydroxyl groups is 1. The van der Waals surface area contributed by atoms with E-state index in [1.54, 1.807) is 31.4 Å². The number of carboxylic acid groups (broad SMARTS) is 1. The summed E-state index contributed by atoms with van der Waals surface area (Å²) in [6.45, 7) is 1.02. The van der Waals surface area contributed by atoms with Crippen LogP contribution in [-0.2, 0) is 17.8 Å². The van der Waals surface area contributed by atoms with E-state index in [9.17, 15) is 19.4 Å². The molecule has 28 heavy (non-hydrogen) atoms. The number of rotatable bonds is 6. The maximum atomic E-state index is 13.6. The van der Waals surface area contributed by atoms with Gasteiger partial charge in [-0.3, -0.25) is 9.69 Å². The monoisotopic (exact) mass is 407 g/mol. The van der Waals surface area contributed by atoms with Gasteiger partial charge in [-0.1, -0.05) is 23.7 Å². The van der Waals surface area contributed by atoms with Crippen LogP contribution >= 0.6 is 11.6 Å². The minimum absolute atomic E-state index is 0.148. The van der Waals surface area contributed by atoms with Crippen LogP contribution in [0.3, 0.4) is 0 Å². The smallest absolute Gasteiger partial charge is 0.313 e. The second kappa shape index (κ2) is 8.47. The van der Waals surface area contributed by atoms with Gasteiger partial charge in [0.1, 0.15) is 17.0 Å². The van der Waals surface area contributed by atoms with Crippen LogP contribution in [0.5, 0.6) is 5.75 Å². The molecule has 2 aromatic rings. The zero-order valence-corrected chi connectivity index (χ0v) is 16.3. The normalized spacial score (nSPS) is 22.8. The summed E-state index contributed by atoms with van der Waals surface area (Å²) < 4.78 is 18.9. The second-order valence-electron chi connectivity index (χ2n) is 7.28. The van der Waals surface area contributed by atoms with Crippen molar-refractivity contribution in [3.63, 3.8) is 0 Å². The quantitative estimate of drug-likeness (QED) is 0.768. The Bertz CT molecular complexity index is 842. The summed E-state index contributed by atoms with van der Waals surface area (Å²) in [7, 11) is 1.55. The van der Waals surface area contributed by atoms with Gasteiger partial charge in [-0.2, -0.15) is 0 Å². The predicted molar refractivity (Wildman–Crippen MR) is 104 cm³/mol. The van der Waals surface area contributed by atoms with Crippen molar-refractivity contribution >= 4 is 17.6 Å². The molecule has 0 aliphatic carbocycles. The van der Waals surface area contributed by atoms with Crippen LogP contribution in [0.4, 0.5) is 4.39 Å². The van der Waals surface area contributed by atoms with Gasteiger partial charge in [0.2, 0.25) is 0 Å². The Balaban J connectivity index is 1.85. The van der Waals surface area contributed by atoms with Gasteiger partial charge in [-0.25, -0.2) is 4.39 Å². The van der Waals surface area contributed by atoms with Crippen molar-refractivity contribution in [1.29, 1.82) is 0 Å². The molecule has 0 radical (unpaired) electrons. The molecule has 0 bridgehead atoms. The maximum Gasteiger partial charge on any atom is 0.313 e. The molecule has 2 aromatic carbocycles. The van der Waals surface area contributed by atoms with E-state index in [-0.39, 0.29) is 13.0 Å². The number of ether oxygens (including phenoxy) is 1. The number of nitrogens with zero attached hydrogens (tertiary/aromatic N) is 1. The highest BCUT2D eigenvalue weighted by Crippen LogP contribution is 2.36. The van der Waals surface area contributed by atoms with Gasteiger partial charge >= 0.3 is 5.97 Å². The van der Waals surface area contributed by atoms with Gasteiger partial charge in [0.25, 0.3) is 0 Å². The molecule has 5 nitrogen and oxygen atoms in total. The maximum absolute atomic E-state index is 13.6. The Morgan fingerprint density at radius 3 is 2.79 bits per heavy atom. The molecule has 2 atom stereocenters. The molecule has 3 rings (SSSR count). The first-order valence-electron chi connectivity index (χ1n) is 9.04. The lowest BCUT2D eigenvalue weighted by molar-refractivity contribution is -0.163. The highest BCUT2D eigenvalue weighted by atomic mass is 35.5. The fourth-order valence-electron chi connectivity index (χ4n) is 3.87. The first-order valence-corrected chi connectivity index (χ1v) is 9.42. The Hall–Kier alpha value is -2.15. The number of aliphatic hydroxyl groups excluding tert-OH is 1. The number of likely N-dealkylation sites (tertiary alicyclic amines) is 1. The van der Waals surface area contributed by atoms with E-state index in [1.165, 1.54) is 12.1 Å². The lowest BCUT2D eigenvalue weighted by Gasteiger charge is -2.43. The third-order valence-electron chi connectivity index (χ3n) is 5.27. The van der Waals surface area contributed by atoms with E-state index in [0.717, 1.165) is 5.56 Å². The molecule has 1 aliphatic rings. The van der Waals surface area contributed by atoms with Crippen LogP contribution in [-0.4, -0.2) is 47.4 Å². The van der Waals surface area contributed by atoms with E-state index in [2.05, 4.69) is 0 Å². The van der Waals surface area contributed by atoms with Crippen LogP contribution in [0.15, 0.2) is 42.5 Å². The average Bonchev–Trinajstić information content (AvgIpc) is 2.63. The molecule has 150 valence electrons. The summed E-state index contributed by atoms with van der Waals surface area (Å²) in [6.07, 6.45) is -0.496. The van der Waals surface area contributed by atoms with Crippen molar-refractivity contribution in [2.45, 2.75) is 25.5 Å². The van der Waals surface area contributed by atoms with E-state index in [0.29, 0.717) is 35.8 Å². The minimum atomic E-state index is -1.36. The number of hydrogen-bond donors (Lipinski definition) is 2. The first-order chi connectivity index (χ1) is 13.3. The summed E-state index contributed by atoms with van der Waals surface area (Å²) in [5.74, 6) is -0.847. The largest absolute Gasteiger partial charge is 0.497 e. The molecule has 1 fully saturated rings. The summed E-state index contributed by atoms with van der Waals surface area (Å²) >= 11 is 5.93. The van der Waals surface area contributed by atoms with Gasteiger partial charge in [-0.05, 0) is 54.3 Å². The molecule has 0 unspecified atom stereocenters. The molecule has 0 saturated carbocycles. The summed E-state index contributed by atoms with van der Waals surface area (Å²) in [5.41, 5.74) is 0.0837. The molecule has 0 spiro atoms. The molecule has 0 amide bonds. The van der Waals surface area contributed by atoms with Gasteiger partial charge in [-0.15, -0.1) is 0 Å². The van der Waals surface area contributed by atoms with Gasteiger partial charge in [0.05, 0.1) is 13.2 Å². The summed E-state index contributed by atoms with van der Waals surface area (Å²) in [5, 5.41) is 20.9. The minimum Gasteiger partial charge on any atom is -0.497 e. The Morgan fingerprint density at radius 1 is 1.32 bits per heavy atom. The zero-order chi connectivity index (χ0) is 20.3. The van der Waals surface area contributed by atoms with Crippen molar-refractivity contribution in [2.75, 3.05) is 20.2 Å². The number of carboxylic acids is 1.